The Morgan fingerprint density at radius 1 is 0.559 bits per heavy atom. The van der Waals surface area contributed by atoms with Crippen molar-refractivity contribution in [3.05, 3.63) is 12.2 Å². The smallest absolute Gasteiger partial charge is 0.302 e. The molecule has 5 aliphatic rings. The zero-order valence-electron chi connectivity index (χ0n) is 57.3. The normalized spacial score (nSPS) is 36.1. The molecule has 0 saturated carbocycles. The standard InChI is InChI=1S/C63H106N4O35/c1-6-7-8-9-10-11-12-13-14-15-16-17-18-19-34(77)33(64-28-72)26-93-58-50(86)49(85)52(40(24-70)95-58)97-59-51(87)56(53(41(25-71)96-59)98-57-44(67-31(4)75)48(84)46(82)38(22-68)94-57)102-63(61(90)91)21-36(79)43(66-30(3)74)55(101-63)47(83)39(23-69)99-62(60(88)89)20-35(78)42(65-29(2)73)54(100-62)45(81)37(80)27-92-32(5)76/h18-19,28,33-59,68-71,77-87H,6-17,20-27H2,1-5H3,(H,64,72)(H,65,73)(H,66,74)(H,67,75)(H,88,89)(H,90,91)/p-2/b19-18+/t33-,34+,35-,36-,37+,38+,39+,40+,41+,42+,43+,44+,45+,46-,47+,48+,49+,50+,51+,52+,53-,54+,55+,56+,57-,58+,59-,62+,63-/m0/s1. The van der Waals surface area contributed by atoms with Crippen molar-refractivity contribution in [2.75, 3.05) is 39.6 Å². The minimum absolute atomic E-state index is 0.276. The van der Waals surface area contributed by atoms with Crippen LogP contribution >= 0.6 is 0 Å². The van der Waals surface area contributed by atoms with Gasteiger partial charge in [-0.05, 0) is 12.8 Å². The van der Waals surface area contributed by atoms with E-state index in [2.05, 4.69) is 28.2 Å². The molecule has 0 aromatic rings. The molecule has 0 radical (unpaired) electrons. The van der Waals surface area contributed by atoms with Crippen LogP contribution < -0.4 is 31.5 Å². The van der Waals surface area contributed by atoms with Crippen LogP contribution in [0.25, 0.3) is 0 Å². The second-order valence-corrected chi connectivity index (χ2v) is 26.0. The number of ether oxygens (including phenoxy) is 11. The highest BCUT2D eigenvalue weighted by Gasteiger charge is 2.61. The third-order valence-corrected chi connectivity index (χ3v) is 18.2. The molecule has 0 aromatic heterocycles. The summed E-state index contributed by atoms with van der Waals surface area (Å²) in [6.07, 6.45) is -37.4. The van der Waals surface area contributed by atoms with Gasteiger partial charge in [-0.25, -0.2) is 0 Å². The number of aliphatic hydroxyl groups excluding tert-OH is 15. The van der Waals surface area contributed by atoms with Gasteiger partial charge in [-0.1, -0.05) is 83.3 Å². The van der Waals surface area contributed by atoms with Gasteiger partial charge in [0.25, 0.3) is 0 Å². The third kappa shape index (κ3) is 23.5. The van der Waals surface area contributed by atoms with E-state index in [0.717, 1.165) is 59.8 Å². The van der Waals surface area contributed by atoms with E-state index < -0.39 is 265 Å². The molecule has 102 heavy (non-hydrogen) atoms. The van der Waals surface area contributed by atoms with Crippen molar-refractivity contribution in [1.82, 2.24) is 21.3 Å². The van der Waals surface area contributed by atoms with Crippen LogP contribution in [0.1, 0.15) is 125 Å². The number of carbonyl (C=O) groups is 7. The molecule has 4 amide bonds. The van der Waals surface area contributed by atoms with Gasteiger partial charge in [0.2, 0.25) is 35.7 Å². The quantitative estimate of drug-likeness (QED) is 0.0117. The Bertz CT molecular complexity index is 2640. The van der Waals surface area contributed by atoms with Gasteiger partial charge in [-0.15, -0.1) is 0 Å². The Morgan fingerprint density at radius 2 is 1.05 bits per heavy atom. The zero-order chi connectivity index (χ0) is 75.9. The average Bonchev–Trinajstić information content (AvgIpc) is 0.744. The molecule has 0 spiro atoms. The monoisotopic (exact) mass is 1480 g/mol. The predicted octanol–water partition coefficient (Wildman–Crippen LogP) is -10.4. The first-order chi connectivity index (χ1) is 48.3. The number of carboxylic acid groups (broad SMARTS) is 2. The lowest BCUT2D eigenvalue weighted by molar-refractivity contribution is -0.422. The van der Waals surface area contributed by atoms with E-state index in [1.807, 2.05) is 0 Å². The molecule has 19 N–H and O–H groups in total. The predicted molar refractivity (Wildman–Crippen MR) is 333 cm³/mol. The number of hydrogen-bond acceptors (Lipinski definition) is 35. The molecule has 0 aromatic carbocycles. The van der Waals surface area contributed by atoms with E-state index in [1.54, 1.807) is 6.08 Å². The molecule has 0 bridgehead atoms. The highest BCUT2D eigenvalue weighted by molar-refractivity contribution is 5.76. The summed E-state index contributed by atoms with van der Waals surface area (Å²) in [7, 11) is 0. The number of hydrogen-bond donors (Lipinski definition) is 19. The fourth-order valence-corrected chi connectivity index (χ4v) is 12.8. The summed E-state index contributed by atoms with van der Waals surface area (Å²) in [6.45, 7) is -0.831. The van der Waals surface area contributed by atoms with Crippen molar-refractivity contribution in [3.63, 3.8) is 0 Å². The maximum atomic E-state index is 14.0. The van der Waals surface area contributed by atoms with Crippen LogP contribution in [0, 0.1) is 0 Å². The van der Waals surface area contributed by atoms with Crippen molar-refractivity contribution >= 4 is 42.0 Å². The number of unbranched alkanes of at least 4 members (excludes halogenated alkanes) is 11. The summed E-state index contributed by atoms with van der Waals surface area (Å²) >= 11 is 0. The third-order valence-electron chi connectivity index (χ3n) is 18.2. The van der Waals surface area contributed by atoms with Crippen LogP contribution in [0.2, 0.25) is 0 Å². The number of amides is 4. The van der Waals surface area contributed by atoms with Crippen LogP contribution in [0.4, 0.5) is 0 Å². The van der Waals surface area contributed by atoms with Crippen LogP contribution in [0.15, 0.2) is 12.2 Å². The summed E-state index contributed by atoms with van der Waals surface area (Å²) in [6, 6.07) is -6.97. The van der Waals surface area contributed by atoms with E-state index in [4.69, 9.17) is 52.1 Å². The molecule has 5 heterocycles. The first-order valence-corrected chi connectivity index (χ1v) is 34.1. The van der Waals surface area contributed by atoms with E-state index in [1.165, 1.54) is 44.6 Å². The van der Waals surface area contributed by atoms with Gasteiger partial charge in [0.15, 0.2) is 18.9 Å². The van der Waals surface area contributed by atoms with Crippen molar-refractivity contribution in [2.45, 2.75) is 301 Å². The van der Waals surface area contributed by atoms with Crippen molar-refractivity contribution in [3.8, 4) is 0 Å². The minimum atomic E-state index is -3.72. The molecular weight excluding hydrogens is 1370 g/mol. The second-order valence-electron chi connectivity index (χ2n) is 26.0. The molecule has 5 saturated heterocycles. The Morgan fingerprint density at radius 3 is 1.57 bits per heavy atom. The van der Waals surface area contributed by atoms with Gasteiger partial charge in [0.1, 0.15) is 128 Å². The van der Waals surface area contributed by atoms with Crippen LogP contribution in [0.5, 0.6) is 0 Å². The minimum Gasteiger partial charge on any atom is -0.544 e. The summed E-state index contributed by atoms with van der Waals surface area (Å²) in [5, 5.41) is 206. The molecule has 588 valence electrons. The van der Waals surface area contributed by atoms with Crippen molar-refractivity contribution < 1.29 is 172 Å². The fourth-order valence-electron chi connectivity index (χ4n) is 12.8. The molecule has 5 rings (SSSR count). The van der Waals surface area contributed by atoms with E-state index >= 15 is 0 Å². The average molecular weight is 1480 g/mol. The van der Waals surface area contributed by atoms with E-state index in [-0.39, 0.29) is 6.41 Å². The first kappa shape index (κ1) is 87.7. The van der Waals surface area contributed by atoms with Gasteiger partial charge < -0.3 is 170 Å². The van der Waals surface area contributed by atoms with Crippen molar-refractivity contribution in [1.29, 1.82) is 0 Å². The van der Waals surface area contributed by atoms with Crippen molar-refractivity contribution in [2.24, 2.45) is 0 Å². The Labute approximate surface area is 587 Å². The summed E-state index contributed by atoms with van der Waals surface area (Å²) in [5.41, 5.74) is 0. The number of aliphatic carboxylic acids is 2. The summed E-state index contributed by atoms with van der Waals surface area (Å²) < 4.78 is 63.4. The van der Waals surface area contributed by atoms with Crippen LogP contribution in [-0.4, -0.2) is 335 Å². The maximum absolute atomic E-state index is 14.0. The van der Waals surface area contributed by atoms with E-state index in [9.17, 15) is 120 Å². The van der Waals surface area contributed by atoms with Gasteiger partial charge in [0.05, 0.1) is 69.5 Å². The highest BCUT2D eigenvalue weighted by atomic mass is 16.8. The second kappa shape index (κ2) is 41.8. The first-order valence-electron chi connectivity index (χ1n) is 34.1. The van der Waals surface area contributed by atoms with Crippen LogP contribution in [0.3, 0.4) is 0 Å². The highest BCUT2D eigenvalue weighted by Crippen LogP contribution is 2.42. The fraction of sp³-hybridized carbons (Fsp3) is 0.857. The zero-order valence-corrected chi connectivity index (χ0v) is 57.3. The molecular formula is C63H104N4O35-2. The molecule has 39 nitrogen and oxygen atoms in total. The van der Waals surface area contributed by atoms with Gasteiger partial charge in [0, 0.05) is 40.5 Å². The van der Waals surface area contributed by atoms with Gasteiger partial charge in [-0.3, -0.25) is 24.0 Å². The SMILES string of the molecule is CCCCCCCCCCCCC/C=C/[C@@H](O)[C@H](CO[C@@H]1O[C@H](CO)[C@@H](O[C@@H]2O[C@H](CO)[C@H](O[C@@H]3O[C@H](CO)[C@H](O)[C@H](O)[C@H]3NC(C)=O)[C@H](O[C@]3(C(=O)[O-])C[C@H](O)[C@@H](NC(C)=O)[C@H]([C@H](O)[C@@H](CO)O[C@]4(C(=O)[O-])C[C@H](O)[C@@H](NC(C)=O)[C@H]([C@H](O)[C@H](O)COC(C)=O)O4)O3)[C@H]2O)[C@H](O)[C@H]1O)NC=O. The number of nitrogens with one attached hydrogen (secondary N) is 4. The van der Waals surface area contributed by atoms with Gasteiger partial charge >= 0.3 is 5.97 Å². The Balaban J connectivity index is 1.49. The lowest BCUT2D eigenvalue weighted by atomic mass is 9.87. The lowest BCUT2D eigenvalue weighted by Gasteiger charge is -2.54. The number of allylic oxidation sites excluding steroid dienone is 1. The Kier molecular flexibility index (Phi) is 35.9. The summed E-state index contributed by atoms with van der Waals surface area (Å²) in [5.74, 6) is -16.1. The number of aliphatic hydroxyl groups is 15. The molecule has 29 atom stereocenters. The largest absolute Gasteiger partial charge is 0.544 e. The molecule has 5 fully saturated rings. The lowest BCUT2D eigenvalue weighted by Crippen LogP contribution is -2.74. The topological polar surface area (TPSA) is 619 Å². The maximum Gasteiger partial charge on any atom is 0.302 e. The number of carboxylic acids is 2. The number of carbonyl (C=O) groups excluding carboxylic acids is 7. The number of esters is 1. The number of rotatable bonds is 42. The van der Waals surface area contributed by atoms with Gasteiger partial charge in [-0.2, -0.15) is 0 Å². The summed E-state index contributed by atoms with van der Waals surface area (Å²) in [4.78, 5) is 88.2. The Hall–Kier alpha value is -4.97. The molecule has 0 aliphatic carbocycles. The molecule has 5 aliphatic heterocycles. The van der Waals surface area contributed by atoms with Crippen LogP contribution in [-0.2, 0) is 85.7 Å². The molecule has 0 unspecified atom stereocenters. The van der Waals surface area contributed by atoms with E-state index in [0.29, 0.717) is 6.42 Å². The molecule has 39 heteroatoms.